The van der Waals surface area contributed by atoms with E-state index in [0.717, 1.165) is 16.2 Å². The Labute approximate surface area is 194 Å². The second kappa shape index (κ2) is 8.86. The van der Waals surface area contributed by atoms with Crippen molar-refractivity contribution in [1.82, 2.24) is 19.7 Å². The standard InChI is InChI=1S/C19H15BrN6O4S2/c20-11-1-3-12(4-2-11)23-16(27)10-31-19-24-17-15(18(28)25-19)9-22-26(17)13-5-7-14(8-6-13)32(21,29)30/h1-9H,10H2,(H,23,27)(H2,21,29,30)(H,24,25,28). The van der Waals surface area contributed by atoms with Crippen molar-refractivity contribution in [2.24, 2.45) is 5.14 Å². The van der Waals surface area contributed by atoms with Gasteiger partial charge in [0.1, 0.15) is 5.39 Å². The average Bonchev–Trinajstić information content (AvgIpc) is 3.18. The lowest BCUT2D eigenvalue weighted by molar-refractivity contribution is -0.113. The molecule has 0 aliphatic heterocycles. The molecule has 0 aliphatic carbocycles. The molecular weight excluding hydrogens is 520 g/mol. The van der Waals surface area contributed by atoms with Gasteiger partial charge in [0.05, 0.1) is 22.5 Å². The highest BCUT2D eigenvalue weighted by molar-refractivity contribution is 9.10. The molecule has 13 heteroatoms. The summed E-state index contributed by atoms with van der Waals surface area (Å²) in [5.41, 5.74) is 1.01. The second-order valence-corrected chi connectivity index (χ2v) is 9.99. The zero-order valence-corrected chi connectivity index (χ0v) is 19.4. The lowest BCUT2D eigenvalue weighted by atomic mass is 10.3. The van der Waals surface area contributed by atoms with Crippen molar-refractivity contribution in [2.45, 2.75) is 10.1 Å². The van der Waals surface area contributed by atoms with Crippen LogP contribution in [0.2, 0.25) is 0 Å². The molecule has 0 fully saturated rings. The highest BCUT2D eigenvalue weighted by Crippen LogP contribution is 2.20. The van der Waals surface area contributed by atoms with Crippen molar-refractivity contribution in [3.05, 3.63) is 69.6 Å². The van der Waals surface area contributed by atoms with Gasteiger partial charge in [0, 0.05) is 10.2 Å². The summed E-state index contributed by atoms with van der Waals surface area (Å²) in [6.45, 7) is 0. The Morgan fingerprint density at radius 2 is 1.84 bits per heavy atom. The molecule has 0 unspecified atom stereocenters. The second-order valence-electron chi connectivity index (χ2n) is 6.55. The lowest BCUT2D eigenvalue weighted by Gasteiger charge is -2.06. The summed E-state index contributed by atoms with van der Waals surface area (Å²) in [6, 6.07) is 12.8. The Kier molecular flexibility index (Phi) is 6.15. The number of rotatable bonds is 6. The van der Waals surface area contributed by atoms with Gasteiger partial charge in [-0.15, -0.1) is 0 Å². The number of nitrogens with two attached hydrogens (primary N) is 1. The van der Waals surface area contributed by atoms with Crippen LogP contribution >= 0.6 is 27.7 Å². The Morgan fingerprint density at radius 1 is 1.16 bits per heavy atom. The highest BCUT2D eigenvalue weighted by Gasteiger charge is 2.14. The minimum absolute atomic E-state index is 0.0295. The molecule has 2 heterocycles. The van der Waals surface area contributed by atoms with Crippen LogP contribution in [0.25, 0.3) is 16.7 Å². The van der Waals surface area contributed by atoms with Crippen molar-refractivity contribution < 1.29 is 13.2 Å². The van der Waals surface area contributed by atoms with Crippen molar-refractivity contribution in [3.63, 3.8) is 0 Å². The van der Waals surface area contributed by atoms with Crippen LogP contribution < -0.4 is 16.0 Å². The van der Waals surface area contributed by atoms with Gasteiger partial charge in [-0.3, -0.25) is 9.59 Å². The summed E-state index contributed by atoms with van der Waals surface area (Å²) in [4.78, 5) is 31.7. The Bertz CT molecular complexity index is 1460. The zero-order chi connectivity index (χ0) is 22.9. The predicted molar refractivity (Wildman–Crippen MR) is 124 cm³/mol. The molecule has 0 saturated heterocycles. The zero-order valence-electron chi connectivity index (χ0n) is 16.1. The van der Waals surface area contributed by atoms with E-state index in [1.807, 2.05) is 12.1 Å². The molecular formula is C19H15BrN6O4S2. The Morgan fingerprint density at radius 3 is 2.50 bits per heavy atom. The molecule has 2 aromatic carbocycles. The minimum Gasteiger partial charge on any atom is -0.325 e. The number of nitrogens with zero attached hydrogens (tertiary/aromatic N) is 3. The number of hydrogen-bond donors (Lipinski definition) is 3. The van der Waals surface area contributed by atoms with Gasteiger partial charge in [-0.1, -0.05) is 27.7 Å². The van der Waals surface area contributed by atoms with Crippen LogP contribution in [0.15, 0.2) is 74.0 Å². The number of hydrogen-bond acceptors (Lipinski definition) is 7. The Hall–Kier alpha value is -3.00. The van der Waals surface area contributed by atoms with Crippen LogP contribution in [0.3, 0.4) is 0 Å². The third-order valence-corrected chi connectivity index (χ3v) is 6.63. The number of sulfonamides is 1. The van der Waals surface area contributed by atoms with Crippen molar-refractivity contribution in [1.29, 1.82) is 0 Å². The van der Waals surface area contributed by atoms with Gasteiger partial charge in [0.2, 0.25) is 15.9 Å². The molecule has 2 aromatic heterocycles. The number of anilines is 1. The van der Waals surface area contributed by atoms with Crippen molar-refractivity contribution >= 4 is 60.3 Å². The molecule has 0 aliphatic rings. The maximum Gasteiger partial charge on any atom is 0.262 e. The lowest BCUT2D eigenvalue weighted by Crippen LogP contribution is -2.15. The molecule has 0 atom stereocenters. The number of carbonyl (C=O) groups excluding carboxylic acids is 1. The summed E-state index contributed by atoms with van der Waals surface area (Å²) in [6.07, 6.45) is 1.36. The van der Waals surface area contributed by atoms with E-state index in [2.05, 4.69) is 36.3 Å². The summed E-state index contributed by atoms with van der Waals surface area (Å²) in [5, 5.41) is 12.6. The topological polar surface area (TPSA) is 153 Å². The number of aromatic amines is 1. The predicted octanol–water partition coefficient (Wildman–Crippen LogP) is 2.25. The number of amides is 1. The fourth-order valence-electron chi connectivity index (χ4n) is 2.80. The van der Waals surface area contributed by atoms with Gasteiger partial charge >= 0.3 is 0 Å². The van der Waals surface area contributed by atoms with Crippen molar-refractivity contribution in [2.75, 3.05) is 11.1 Å². The number of nitrogens with one attached hydrogen (secondary N) is 2. The van der Waals surface area contributed by atoms with Crippen LogP contribution in [0.5, 0.6) is 0 Å². The molecule has 0 saturated carbocycles. The molecule has 4 N–H and O–H groups in total. The molecule has 32 heavy (non-hydrogen) atoms. The van der Waals surface area contributed by atoms with Crippen LogP contribution in [0.1, 0.15) is 0 Å². The van der Waals surface area contributed by atoms with E-state index in [1.165, 1.54) is 35.1 Å². The molecule has 0 bridgehead atoms. The van der Waals surface area contributed by atoms with E-state index >= 15 is 0 Å². The number of aromatic nitrogens is 4. The van der Waals surface area contributed by atoms with E-state index in [1.54, 1.807) is 12.1 Å². The Balaban J connectivity index is 1.55. The van der Waals surface area contributed by atoms with Gasteiger partial charge in [-0.25, -0.2) is 23.2 Å². The summed E-state index contributed by atoms with van der Waals surface area (Å²) in [7, 11) is -3.83. The van der Waals surface area contributed by atoms with E-state index in [4.69, 9.17) is 5.14 Å². The fourth-order valence-corrected chi connectivity index (χ4v) is 4.23. The molecule has 10 nitrogen and oxygen atoms in total. The number of H-pyrrole nitrogens is 1. The number of carbonyl (C=O) groups is 1. The van der Waals surface area contributed by atoms with Gasteiger partial charge in [-0.05, 0) is 48.5 Å². The molecule has 164 valence electrons. The maximum atomic E-state index is 12.4. The number of benzene rings is 2. The third-order valence-electron chi connectivity index (χ3n) is 4.29. The molecule has 4 rings (SSSR count). The number of primary sulfonamides is 1. The quantitative estimate of drug-likeness (QED) is 0.253. The van der Waals surface area contributed by atoms with Crippen LogP contribution in [0, 0.1) is 0 Å². The smallest absolute Gasteiger partial charge is 0.262 e. The van der Waals surface area contributed by atoms with Crippen LogP contribution in [0.4, 0.5) is 5.69 Å². The van der Waals surface area contributed by atoms with E-state index in [0.29, 0.717) is 11.4 Å². The van der Waals surface area contributed by atoms with Gasteiger partial charge in [0.25, 0.3) is 5.56 Å². The summed E-state index contributed by atoms with van der Waals surface area (Å²) in [5.74, 6) is -0.228. The maximum absolute atomic E-state index is 12.4. The van der Waals surface area contributed by atoms with E-state index < -0.39 is 15.6 Å². The average molecular weight is 535 g/mol. The first kappa shape index (κ1) is 22.2. The van der Waals surface area contributed by atoms with E-state index in [9.17, 15) is 18.0 Å². The van der Waals surface area contributed by atoms with Gasteiger partial charge in [0.15, 0.2) is 10.8 Å². The molecule has 0 radical (unpaired) electrons. The molecule has 0 spiro atoms. The minimum atomic E-state index is -3.83. The fraction of sp³-hybridized carbons (Fsp3) is 0.0526. The van der Waals surface area contributed by atoms with Gasteiger partial charge < -0.3 is 10.3 Å². The normalized spacial score (nSPS) is 11.6. The first-order chi connectivity index (χ1) is 15.2. The summed E-state index contributed by atoms with van der Waals surface area (Å²) < 4.78 is 25.2. The van der Waals surface area contributed by atoms with Gasteiger partial charge in [-0.2, -0.15) is 5.10 Å². The first-order valence-electron chi connectivity index (χ1n) is 9.00. The van der Waals surface area contributed by atoms with Crippen LogP contribution in [-0.2, 0) is 14.8 Å². The molecule has 4 aromatic rings. The summed E-state index contributed by atoms with van der Waals surface area (Å²) >= 11 is 4.40. The SMILES string of the molecule is NS(=O)(=O)c1ccc(-n2ncc3c(=O)[nH]c(SCC(=O)Nc4ccc(Br)cc4)nc32)cc1. The molecule has 1 amide bonds. The largest absolute Gasteiger partial charge is 0.325 e. The number of fused-ring (bicyclic) bond motifs is 1. The van der Waals surface area contributed by atoms with E-state index in [-0.39, 0.29) is 32.7 Å². The monoisotopic (exact) mass is 534 g/mol. The first-order valence-corrected chi connectivity index (χ1v) is 12.3. The number of thioether (sulfide) groups is 1. The van der Waals surface area contributed by atoms with Crippen LogP contribution in [-0.4, -0.2) is 39.8 Å². The third kappa shape index (κ3) is 4.91. The van der Waals surface area contributed by atoms with Crippen molar-refractivity contribution in [3.8, 4) is 5.69 Å². The number of halogens is 1. The highest BCUT2D eigenvalue weighted by atomic mass is 79.9.